The second-order valence-electron chi connectivity index (χ2n) is 7.55. The molecule has 0 fully saturated rings. The first-order valence-corrected chi connectivity index (χ1v) is 10.9. The Bertz CT molecular complexity index is 949. The lowest BCUT2D eigenvalue weighted by Gasteiger charge is -2.15. The summed E-state index contributed by atoms with van der Waals surface area (Å²) in [7, 11) is 0. The number of nitrogens with one attached hydrogen (secondary N) is 1. The molecule has 1 aromatic carbocycles. The first kappa shape index (κ1) is 20.7. The van der Waals surface area contributed by atoms with E-state index in [1.807, 2.05) is 11.6 Å². The van der Waals surface area contributed by atoms with Crippen molar-refractivity contribution in [3.63, 3.8) is 0 Å². The van der Waals surface area contributed by atoms with E-state index in [1.165, 1.54) is 18.4 Å². The lowest BCUT2D eigenvalue weighted by atomic mass is 10.0. The van der Waals surface area contributed by atoms with E-state index in [2.05, 4.69) is 87.4 Å². The molecule has 3 aromatic rings. The van der Waals surface area contributed by atoms with Crippen LogP contribution in [0.25, 0.3) is 11.2 Å². The Labute approximate surface area is 175 Å². The maximum Gasteiger partial charge on any atom is 0.184 e. The van der Waals surface area contributed by atoms with Gasteiger partial charge in [0, 0.05) is 4.47 Å². The number of rotatable bonds is 8. The van der Waals surface area contributed by atoms with Gasteiger partial charge in [-0.05, 0) is 59.3 Å². The summed E-state index contributed by atoms with van der Waals surface area (Å²) in [5.74, 6) is 1.88. The predicted molar refractivity (Wildman–Crippen MR) is 118 cm³/mol. The summed E-state index contributed by atoms with van der Waals surface area (Å²) in [6, 6.07) is 6.66. The van der Waals surface area contributed by atoms with Crippen LogP contribution in [0.2, 0.25) is 0 Å². The molecule has 1 N–H and O–H groups in total. The summed E-state index contributed by atoms with van der Waals surface area (Å²) in [5.41, 5.74) is 3.75. The third-order valence-electron chi connectivity index (χ3n) is 5.06. The fraction of sp³-hybridized carbons (Fsp3) is 0.524. The number of hydrogen-bond donors (Lipinski definition) is 1. The van der Waals surface area contributed by atoms with Gasteiger partial charge in [0.05, 0.1) is 11.7 Å². The molecule has 0 saturated heterocycles. The number of anilines is 2. The van der Waals surface area contributed by atoms with Gasteiger partial charge in [0.1, 0.15) is 5.82 Å². The predicted octanol–water partition coefficient (Wildman–Crippen LogP) is 6.30. The van der Waals surface area contributed by atoms with Gasteiger partial charge >= 0.3 is 0 Å². The average molecular weight is 445 g/mol. The Morgan fingerprint density at radius 3 is 2.61 bits per heavy atom. The van der Waals surface area contributed by atoms with Crippen LogP contribution in [0.1, 0.15) is 76.7 Å². The number of nitrogens with zero attached hydrogens (tertiary/aromatic N) is 5. The molecule has 1 unspecified atom stereocenters. The summed E-state index contributed by atoms with van der Waals surface area (Å²) in [4.78, 5) is 9.25. The molecule has 6 nitrogen and oxygen atoms in total. The standard InChI is InChI=1S/C21H29BrN6/c1-6-8-9-16(7-2)28-21-19(26-27-28)20(23-14(5)24-21)25-18-11-10-15(13(3)4)12-17(18)22/h10-13,16H,6-9H2,1-5H3,(H,23,24,25). The van der Waals surface area contributed by atoms with Crippen molar-refractivity contribution in [1.82, 2.24) is 25.0 Å². The number of benzene rings is 1. The molecule has 0 amide bonds. The highest BCUT2D eigenvalue weighted by Gasteiger charge is 2.19. The van der Waals surface area contributed by atoms with Gasteiger partial charge in [0.15, 0.2) is 17.0 Å². The Morgan fingerprint density at radius 1 is 1.18 bits per heavy atom. The summed E-state index contributed by atoms with van der Waals surface area (Å²) in [6.45, 7) is 10.7. The molecule has 0 spiro atoms. The van der Waals surface area contributed by atoms with Crippen molar-refractivity contribution in [2.75, 3.05) is 5.32 Å². The van der Waals surface area contributed by atoms with Crippen molar-refractivity contribution >= 4 is 38.6 Å². The fourth-order valence-corrected chi connectivity index (χ4v) is 3.83. The normalized spacial score (nSPS) is 12.7. The molecular formula is C21H29BrN6. The minimum absolute atomic E-state index is 0.309. The maximum absolute atomic E-state index is 4.65. The molecule has 0 aliphatic rings. The highest BCUT2D eigenvalue weighted by atomic mass is 79.9. The van der Waals surface area contributed by atoms with Crippen molar-refractivity contribution in [3.05, 3.63) is 34.1 Å². The highest BCUT2D eigenvalue weighted by Crippen LogP contribution is 2.31. The highest BCUT2D eigenvalue weighted by molar-refractivity contribution is 9.10. The van der Waals surface area contributed by atoms with E-state index in [-0.39, 0.29) is 0 Å². The largest absolute Gasteiger partial charge is 0.337 e. The van der Waals surface area contributed by atoms with E-state index in [0.29, 0.717) is 29.1 Å². The number of unbranched alkanes of at least 4 members (excludes halogenated alkanes) is 1. The van der Waals surface area contributed by atoms with Crippen molar-refractivity contribution in [3.8, 4) is 0 Å². The number of aryl methyl sites for hydroxylation is 1. The van der Waals surface area contributed by atoms with E-state index in [4.69, 9.17) is 0 Å². The first-order valence-electron chi connectivity index (χ1n) is 10.1. The number of hydrogen-bond acceptors (Lipinski definition) is 5. The topological polar surface area (TPSA) is 68.5 Å². The van der Waals surface area contributed by atoms with Crippen LogP contribution in [-0.2, 0) is 0 Å². The zero-order valence-electron chi connectivity index (χ0n) is 17.3. The van der Waals surface area contributed by atoms with Gasteiger partial charge in [0.25, 0.3) is 0 Å². The Kier molecular flexibility index (Phi) is 6.65. The van der Waals surface area contributed by atoms with Crippen LogP contribution in [0.15, 0.2) is 22.7 Å². The zero-order valence-corrected chi connectivity index (χ0v) is 18.9. The second kappa shape index (κ2) is 8.99. The van der Waals surface area contributed by atoms with E-state index >= 15 is 0 Å². The maximum atomic E-state index is 4.65. The Hall–Kier alpha value is -2.02. The van der Waals surface area contributed by atoms with Gasteiger partial charge in [-0.25, -0.2) is 14.6 Å². The summed E-state index contributed by atoms with van der Waals surface area (Å²) in [6.07, 6.45) is 4.43. The molecule has 7 heteroatoms. The fourth-order valence-electron chi connectivity index (χ4n) is 3.33. The molecule has 0 aliphatic heterocycles. The Morgan fingerprint density at radius 2 is 1.96 bits per heavy atom. The van der Waals surface area contributed by atoms with E-state index in [0.717, 1.165) is 28.6 Å². The lowest BCUT2D eigenvalue weighted by molar-refractivity contribution is 0.400. The van der Waals surface area contributed by atoms with Crippen LogP contribution < -0.4 is 5.32 Å². The van der Waals surface area contributed by atoms with Crippen molar-refractivity contribution < 1.29 is 0 Å². The minimum Gasteiger partial charge on any atom is -0.337 e. The minimum atomic E-state index is 0.309. The van der Waals surface area contributed by atoms with E-state index < -0.39 is 0 Å². The number of fused-ring (bicyclic) bond motifs is 1. The van der Waals surface area contributed by atoms with Crippen LogP contribution in [-0.4, -0.2) is 25.0 Å². The van der Waals surface area contributed by atoms with E-state index in [9.17, 15) is 0 Å². The molecule has 150 valence electrons. The molecule has 3 rings (SSSR count). The van der Waals surface area contributed by atoms with Gasteiger partial charge in [0.2, 0.25) is 0 Å². The lowest BCUT2D eigenvalue weighted by Crippen LogP contribution is -2.11. The van der Waals surface area contributed by atoms with Gasteiger partial charge in [-0.2, -0.15) is 0 Å². The quantitative estimate of drug-likeness (QED) is 0.441. The van der Waals surface area contributed by atoms with Crippen LogP contribution in [0, 0.1) is 6.92 Å². The third-order valence-corrected chi connectivity index (χ3v) is 5.71. The number of halogens is 1. The van der Waals surface area contributed by atoms with Gasteiger partial charge < -0.3 is 5.32 Å². The monoisotopic (exact) mass is 444 g/mol. The SMILES string of the molecule is CCCCC(CC)n1nnc2c(Nc3ccc(C(C)C)cc3Br)nc(C)nc21. The van der Waals surface area contributed by atoms with Crippen molar-refractivity contribution in [2.45, 2.75) is 72.3 Å². The molecule has 0 aliphatic carbocycles. The van der Waals surface area contributed by atoms with Crippen LogP contribution >= 0.6 is 15.9 Å². The summed E-state index contributed by atoms with van der Waals surface area (Å²) >= 11 is 3.68. The zero-order chi connectivity index (χ0) is 20.3. The molecule has 1 atom stereocenters. The summed E-state index contributed by atoms with van der Waals surface area (Å²) < 4.78 is 2.98. The molecular weight excluding hydrogens is 416 g/mol. The molecule has 2 aromatic heterocycles. The molecule has 0 radical (unpaired) electrons. The van der Waals surface area contributed by atoms with Crippen LogP contribution in [0.3, 0.4) is 0 Å². The van der Waals surface area contributed by atoms with Gasteiger partial charge in [-0.3, -0.25) is 0 Å². The molecule has 28 heavy (non-hydrogen) atoms. The van der Waals surface area contributed by atoms with E-state index in [1.54, 1.807) is 0 Å². The number of aromatic nitrogens is 5. The Balaban J connectivity index is 1.98. The smallest absolute Gasteiger partial charge is 0.184 e. The van der Waals surface area contributed by atoms with Crippen molar-refractivity contribution in [2.24, 2.45) is 0 Å². The van der Waals surface area contributed by atoms with Crippen LogP contribution in [0.5, 0.6) is 0 Å². The van der Waals surface area contributed by atoms with Crippen LogP contribution in [0.4, 0.5) is 11.5 Å². The second-order valence-corrected chi connectivity index (χ2v) is 8.40. The van der Waals surface area contributed by atoms with Gasteiger partial charge in [-0.15, -0.1) is 5.10 Å². The summed E-state index contributed by atoms with van der Waals surface area (Å²) in [5, 5.41) is 12.3. The van der Waals surface area contributed by atoms with Crippen molar-refractivity contribution in [1.29, 1.82) is 0 Å². The molecule has 2 heterocycles. The average Bonchev–Trinajstić information content (AvgIpc) is 3.07. The molecule has 0 bridgehead atoms. The molecule has 0 saturated carbocycles. The first-order chi connectivity index (χ1) is 13.4. The third kappa shape index (κ3) is 4.35. The van der Waals surface area contributed by atoms with Gasteiger partial charge in [-0.1, -0.05) is 51.8 Å².